The summed E-state index contributed by atoms with van der Waals surface area (Å²) in [4.78, 5) is 0. The number of fused-ring (bicyclic) bond motifs is 11. The summed E-state index contributed by atoms with van der Waals surface area (Å²) in [7, 11) is 0. The zero-order valence-corrected chi connectivity index (χ0v) is 28.2. The predicted octanol–water partition coefficient (Wildman–Crippen LogP) is 14.1. The second-order valence-electron chi connectivity index (χ2n) is 14.0. The molecule has 0 bridgehead atoms. The standard InChI is InChI=1S/C50H32O/c1-30-28-33-12-2-3-13-35(33)46(30)31-22-24-32(25-23-31)47-39-17-7-9-19-41(39)48(42-20-10-8-18-40(42)47)34-26-27-44-45(29-34)51-50-43-21-11-5-15-37(43)36-14-4-6-16-38(36)49(44)50/h2-29,46H,1H3. The van der Waals surface area contributed by atoms with Gasteiger partial charge in [0.15, 0.2) is 0 Å². The van der Waals surface area contributed by atoms with E-state index in [2.05, 4.69) is 177 Å². The van der Waals surface area contributed by atoms with Crippen molar-refractivity contribution < 1.29 is 4.42 Å². The summed E-state index contributed by atoms with van der Waals surface area (Å²) in [6.45, 7) is 2.26. The third kappa shape index (κ3) is 4.09. The number of benzene rings is 9. The van der Waals surface area contributed by atoms with Gasteiger partial charge < -0.3 is 4.42 Å². The lowest BCUT2D eigenvalue weighted by Crippen LogP contribution is -1.99. The van der Waals surface area contributed by atoms with Crippen LogP contribution < -0.4 is 0 Å². The van der Waals surface area contributed by atoms with E-state index in [1.807, 2.05) is 0 Å². The van der Waals surface area contributed by atoms with Crippen LogP contribution in [0.5, 0.6) is 0 Å². The molecule has 1 heterocycles. The van der Waals surface area contributed by atoms with Crippen molar-refractivity contribution in [3.8, 4) is 22.3 Å². The topological polar surface area (TPSA) is 13.1 Å². The van der Waals surface area contributed by atoms with Gasteiger partial charge >= 0.3 is 0 Å². The normalized spacial score (nSPS) is 14.3. The maximum absolute atomic E-state index is 6.83. The first-order valence-electron chi connectivity index (χ1n) is 17.8. The Hall–Kier alpha value is -6.44. The number of hydrogen-bond acceptors (Lipinski definition) is 1. The highest BCUT2D eigenvalue weighted by molar-refractivity contribution is 6.30. The Bertz CT molecular complexity index is 3030. The highest BCUT2D eigenvalue weighted by Crippen LogP contribution is 2.47. The Balaban J connectivity index is 1.12. The summed E-state index contributed by atoms with van der Waals surface area (Å²) < 4.78 is 6.83. The van der Waals surface area contributed by atoms with Gasteiger partial charge in [0.2, 0.25) is 0 Å². The second-order valence-corrected chi connectivity index (χ2v) is 14.0. The van der Waals surface area contributed by atoms with E-state index < -0.39 is 0 Å². The van der Waals surface area contributed by atoms with Gasteiger partial charge in [0, 0.05) is 22.1 Å². The molecule has 1 aliphatic carbocycles. The summed E-state index contributed by atoms with van der Waals surface area (Å²) >= 11 is 0. The first kappa shape index (κ1) is 28.4. The van der Waals surface area contributed by atoms with Crippen LogP contribution >= 0.6 is 0 Å². The van der Waals surface area contributed by atoms with E-state index in [1.54, 1.807) is 0 Å². The van der Waals surface area contributed by atoms with Crippen molar-refractivity contribution in [2.45, 2.75) is 12.8 Å². The second kappa shape index (κ2) is 10.8. The molecule has 1 aliphatic rings. The van der Waals surface area contributed by atoms with Crippen LogP contribution in [-0.2, 0) is 0 Å². The van der Waals surface area contributed by atoms with E-state index in [4.69, 9.17) is 4.42 Å². The summed E-state index contributed by atoms with van der Waals surface area (Å²) in [6, 6.07) is 60.0. The van der Waals surface area contributed by atoms with Crippen molar-refractivity contribution >= 4 is 71.1 Å². The molecule has 10 aromatic rings. The quantitative estimate of drug-likeness (QED) is 0.137. The average Bonchev–Trinajstić information content (AvgIpc) is 3.74. The molecule has 0 saturated heterocycles. The van der Waals surface area contributed by atoms with E-state index in [-0.39, 0.29) is 0 Å². The lowest BCUT2D eigenvalue weighted by Gasteiger charge is -2.19. The van der Waals surface area contributed by atoms with E-state index in [1.165, 1.54) is 82.0 Å². The van der Waals surface area contributed by atoms with Gasteiger partial charge in [-0.1, -0.05) is 163 Å². The van der Waals surface area contributed by atoms with Gasteiger partial charge in [-0.15, -0.1) is 0 Å². The van der Waals surface area contributed by atoms with Gasteiger partial charge in [0.1, 0.15) is 11.2 Å². The van der Waals surface area contributed by atoms with E-state index in [0.29, 0.717) is 5.92 Å². The summed E-state index contributed by atoms with van der Waals surface area (Å²) in [6.07, 6.45) is 2.33. The molecule has 1 heteroatoms. The van der Waals surface area contributed by atoms with Crippen LogP contribution in [0.4, 0.5) is 0 Å². The number of furan rings is 1. The Kier molecular flexibility index (Phi) is 6.00. The Labute approximate surface area is 295 Å². The van der Waals surface area contributed by atoms with Gasteiger partial charge in [-0.25, -0.2) is 0 Å². The lowest BCUT2D eigenvalue weighted by molar-refractivity contribution is 0.673. The third-order valence-corrected chi connectivity index (χ3v) is 11.2. The molecule has 0 saturated carbocycles. The maximum atomic E-state index is 6.83. The molecule has 0 radical (unpaired) electrons. The molecular formula is C50H32O. The average molecular weight is 649 g/mol. The molecule has 0 fully saturated rings. The lowest BCUT2D eigenvalue weighted by atomic mass is 9.84. The molecule has 1 aromatic heterocycles. The van der Waals surface area contributed by atoms with E-state index >= 15 is 0 Å². The smallest absolute Gasteiger partial charge is 0.143 e. The van der Waals surface area contributed by atoms with Crippen LogP contribution in [0.25, 0.3) is 93.4 Å². The van der Waals surface area contributed by atoms with Crippen molar-refractivity contribution in [1.82, 2.24) is 0 Å². The van der Waals surface area contributed by atoms with Crippen molar-refractivity contribution in [1.29, 1.82) is 0 Å². The van der Waals surface area contributed by atoms with Crippen LogP contribution in [0, 0.1) is 0 Å². The number of rotatable bonds is 3. The molecule has 9 aromatic carbocycles. The Morgan fingerprint density at radius 1 is 0.431 bits per heavy atom. The van der Waals surface area contributed by atoms with Gasteiger partial charge in [0.05, 0.1) is 0 Å². The minimum atomic E-state index is 0.301. The summed E-state index contributed by atoms with van der Waals surface area (Å²) in [5.41, 5.74) is 12.2. The first-order chi connectivity index (χ1) is 25.2. The van der Waals surface area contributed by atoms with Crippen LogP contribution in [0.3, 0.4) is 0 Å². The van der Waals surface area contributed by atoms with Gasteiger partial charge in [-0.05, 0) is 95.7 Å². The molecular weight excluding hydrogens is 617 g/mol. The molecule has 11 rings (SSSR count). The monoisotopic (exact) mass is 648 g/mol. The maximum Gasteiger partial charge on any atom is 0.143 e. The van der Waals surface area contributed by atoms with Gasteiger partial charge in [0.25, 0.3) is 0 Å². The minimum absolute atomic E-state index is 0.301. The van der Waals surface area contributed by atoms with Crippen molar-refractivity contribution in [2.75, 3.05) is 0 Å². The van der Waals surface area contributed by atoms with Gasteiger partial charge in [-0.3, -0.25) is 0 Å². The molecule has 238 valence electrons. The van der Waals surface area contributed by atoms with E-state index in [0.717, 1.165) is 27.5 Å². The zero-order valence-electron chi connectivity index (χ0n) is 28.2. The van der Waals surface area contributed by atoms with Crippen LogP contribution in [-0.4, -0.2) is 0 Å². The molecule has 0 amide bonds. The molecule has 51 heavy (non-hydrogen) atoms. The Morgan fingerprint density at radius 2 is 0.941 bits per heavy atom. The zero-order chi connectivity index (χ0) is 33.6. The van der Waals surface area contributed by atoms with Gasteiger partial charge in [-0.2, -0.15) is 0 Å². The minimum Gasteiger partial charge on any atom is -0.455 e. The largest absolute Gasteiger partial charge is 0.455 e. The fourth-order valence-electron chi connectivity index (χ4n) is 9.08. The fraction of sp³-hybridized carbons (Fsp3) is 0.0400. The fourth-order valence-corrected chi connectivity index (χ4v) is 9.08. The predicted molar refractivity (Wildman–Crippen MR) is 217 cm³/mol. The van der Waals surface area contributed by atoms with Crippen molar-refractivity contribution in [3.05, 3.63) is 186 Å². The Morgan fingerprint density at radius 3 is 1.61 bits per heavy atom. The SMILES string of the molecule is CC1=Cc2ccccc2C1c1ccc(-c2c3ccccc3c(-c3ccc4c(c3)oc3c5ccccc5c5ccccc5c43)c3ccccc23)cc1. The van der Waals surface area contributed by atoms with Crippen molar-refractivity contribution in [3.63, 3.8) is 0 Å². The van der Waals surface area contributed by atoms with E-state index in [9.17, 15) is 0 Å². The third-order valence-electron chi connectivity index (χ3n) is 11.2. The highest BCUT2D eigenvalue weighted by Gasteiger charge is 2.24. The molecule has 0 spiro atoms. The highest BCUT2D eigenvalue weighted by atomic mass is 16.3. The van der Waals surface area contributed by atoms with Crippen LogP contribution in [0.2, 0.25) is 0 Å². The first-order valence-corrected chi connectivity index (χ1v) is 17.8. The number of allylic oxidation sites excluding steroid dienone is 1. The molecule has 1 unspecified atom stereocenters. The molecule has 1 nitrogen and oxygen atoms in total. The van der Waals surface area contributed by atoms with Crippen LogP contribution in [0.1, 0.15) is 29.5 Å². The number of hydrogen-bond donors (Lipinski definition) is 0. The van der Waals surface area contributed by atoms with Crippen molar-refractivity contribution in [2.24, 2.45) is 0 Å². The molecule has 0 N–H and O–H groups in total. The van der Waals surface area contributed by atoms with Crippen LogP contribution in [0.15, 0.2) is 174 Å². The molecule has 0 aliphatic heterocycles. The summed E-state index contributed by atoms with van der Waals surface area (Å²) in [5, 5.41) is 12.2. The molecule has 1 atom stereocenters. The summed E-state index contributed by atoms with van der Waals surface area (Å²) in [5.74, 6) is 0.301.